The molecule has 0 spiro atoms. The van der Waals surface area contributed by atoms with Gasteiger partial charge in [0.15, 0.2) is 0 Å². The Hall–Kier alpha value is -0.185. The van der Waals surface area contributed by atoms with Gasteiger partial charge in [0.2, 0.25) is 0 Å². The first-order valence-electron chi connectivity index (χ1n) is 3.85. The van der Waals surface area contributed by atoms with Crippen molar-refractivity contribution in [3.63, 3.8) is 0 Å². The van der Waals surface area contributed by atoms with Crippen molar-refractivity contribution < 1.29 is 12.9 Å². The maximum absolute atomic E-state index is 11.8. The molecule has 0 aliphatic heterocycles. The van der Waals surface area contributed by atoms with E-state index < -0.39 is 13.4 Å². The van der Waals surface area contributed by atoms with Crippen LogP contribution in [0.25, 0.3) is 0 Å². The van der Waals surface area contributed by atoms with E-state index in [2.05, 4.69) is 0 Å². The number of rotatable bonds is 5. The first-order chi connectivity index (χ1) is 4.95. The Balaban J connectivity index is 3.44. The van der Waals surface area contributed by atoms with Crippen molar-refractivity contribution in [2.24, 2.45) is 0 Å². The molecule has 0 rings (SSSR count). The summed E-state index contributed by atoms with van der Waals surface area (Å²) < 4.78 is 35.3. The van der Waals surface area contributed by atoms with Gasteiger partial charge in [0, 0.05) is 0 Å². The van der Waals surface area contributed by atoms with Crippen LogP contribution in [0.4, 0.5) is 12.9 Å². The molecule has 1 nitrogen and oxygen atoms in total. The molecule has 0 unspecified atom stereocenters. The lowest BCUT2D eigenvalue weighted by Crippen LogP contribution is -2.35. The summed E-state index contributed by atoms with van der Waals surface area (Å²) in [5, 5.41) is 0. The fraction of sp³-hybridized carbons (Fsp3) is 1.00. The van der Waals surface area contributed by atoms with Crippen molar-refractivity contribution >= 4 is 6.98 Å². The van der Waals surface area contributed by atoms with Gasteiger partial charge in [-0.1, -0.05) is 13.3 Å². The fourth-order valence-electron chi connectivity index (χ4n) is 0.873. The van der Waals surface area contributed by atoms with Crippen LogP contribution in [0.15, 0.2) is 0 Å². The highest BCUT2D eigenvalue weighted by atomic mass is 19.4. The molecule has 0 radical (unpaired) electrons. The molecule has 0 heterocycles. The predicted molar refractivity (Wildman–Crippen MR) is 41.5 cm³/mol. The Bertz CT molecular complexity index is 104. The molecule has 0 amide bonds. The molecule has 0 aromatic rings. The molecule has 0 saturated heterocycles. The summed E-state index contributed by atoms with van der Waals surface area (Å²) in [6, 6.07) is 0. The standard InChI is InChI=1S/C6H14BF3N/c1-3-4-5-11(2)6-7(8,9)10/h3-6H2,1-2H3/q-1. The van der Waals surface area contributed by atoms with Crippen LogP contribution in [0.1, 0.15) is 19.8 Å². The number of halogens is 3. The van der Waals surface area contributed by atoms with Gasteiger partial charge in [0.1, 0.15) is 0 Å². The summed E-state index contributed by atoms with van der Waals surface area (Å²) in [7, 11) is 1.50. The number of hydrogen-bond donors (Lipinski definition) is 0. The maximum atomic E-state index is 11.8. The SMILES string of the molecule is CCCCN(C)C[B-](F)(F)F. The van der Waals surface area contributed by atoms with Gasteiger partial charge >= 0.3 is 6.98 Å². The van der Waals surface area contributed by atoms with Gasteiger partial charge in [-0.15, -0.1) is 0 Å². The van der Waals surface area contributed by atoms with Crippen molar-refractivity contribution in [1.82, 2.24) is 4.90 Å². The second kappa shape index (κ2) is 4.64. The Morgan fingerprint density at radius 3 is 2.18 bits per heavy atom. The third kappa shape index (κ3) is 7.71. The normalized spacial score (nSPS) is 12.5. The third-order valence-electron chi connectivity index (χ3n) is 1.41. The Morgan fingerprint density at radius 2 is 1.82 bits per heavy atom. The molecule has 0 atom stereocenters. The first kappa shape index (κ1) is 10.8. The molecule has 0 aromatic heterocycles. The number of unbranched alkanes of at least 4 members (excludes halogenated alkanes) is 1. The molecule has 0 aliphatic carbocycles. The van der Waals surface area contributed by atoms with Gasteiger partial charge in [-0.25, -0.2) is 0 Å². The van der Waals surface area contributed by atoms with Gasteiger partial charge in [0.05, 0.1) is 0 Å². The average Bonchev–Trinajstić information content (AvgIpc) is 1.79. The highest BCUT2D eigenvalue weighted by Gasteiger charge is 2.24. The van der Waals surface area contributed by atoms with Gasteiger partial charge in [0.25, 0.3) is 0 Å². The van der Waals surface area contributed by atoms with E-state index in [1.807, 2.05) is 6.92 Å². The minimum atomic E-state index is -4.63. The zero-order valence-electron chi connectivity index (χ0n) is 6.99. The molecule has 0 N–H and O–H groups in total. The molecule has 0 fully saturated rings. The van der Waals surface area contributed by atoms with Crippen LogP contribution >= 0.6 is 0 Å². The van der Waals surface area contributed by atoms with Gasteiger partial charge in [-0.2, -0.15) is 0 Å². The highest BCUT2D eigenvalue weighted by Crippen LogP contribution is 2.09. The molecule has 11 heavy (non-hydrogen) atoms. The van der Waals surface area contributed by atoms with Gasteiger partial charge in [-0.3, -0.25) is 0 Å². The summed E-state index contributed by atoms with van der Waals surface area (Å²) in [5.74, 6) is 0. The third-order valence-corrected chi connectivity index (χ3v) is 1.41. The fourth-order valence-corrected chi connectivity index (χ4v) is 0.873. The second-order valence-electron chi connectivity index (χ2n) is 2.83. The Morgan fingerprint density at radius 1 is 1.27 bits per heavy atom. The Labute approximate surface area is 65.6 Å². The average molecular weight is 168 g/mol. The number of nitrogens with zero attached hydrogens (tertiary/aromatic N) is 1. The summed E-state index contributed by atoms with van der Waals surface area (Å²) in [6.45, 7) is -2.13. The van der Waals surface area contributed by atoms with E-state index in [-0.39, 0.29) is 0 Å². The molecular formula is C6H14BF3N-. The van der Waals surface area contributed by atoms with Crippen LogP contribution in [0.3, 0.4) is 0 Å². The van der Waals surface area contributed by atoms with Crippen LogP contribution in [-0.2, 0) is 0 Å². The quantitative estimate of drug-likeness (QED) is 0.568. The summed E-state index contributed by atoms with van der Waals surface area (Å²) in [5.41, 5.74) is 0. The molecule has 0 saturated carbocycles. The van der Waals surface area contributed by atoms with Crippen molar-refractivity contribution in [3.8, 4) is 0 Å². The van der Waals surface area contributed by atoms with Crippen LogP contribution in [0.5, 0.6) is 0 Å². The zero-order chi connectivity index (χ0) is 8.91. The van der Waals surface area contributed by atoms with Crippen LogP contribution in [0, 0.1) is 0 Å². The van der Waals surface area contributed by atoms with Crippen molar-refractivity contribution in [1.29, 1.82) is 0 Å². The molecule has 5 heteroatoms. The summed E-state index contributed by atoms with van der Waals surface area (Å²) in [4.78, 5) is 1.32. The van der Waals surface area contributed by atoms with Crippen molar-refractivity contribution in [3.05, 3.63) is 0 Å². The van der Waals surface area contributed by atoms with E-state index in [1.165, 1.54) is 11.9 Å². The van der Waals surface area contributed by atoms with Gasteiger partial charge in [-0.05, 0) is 26.5 Å². The number of hydrogen-bond acceptors (Lipinski definition) is 1. The molecule has 0 aliphatic rings. The first-order valence-corrected chi connectivity index (χ1v) is 3.85. The van der Waals surface area contributed by atoms with Crippen LogP contribution in [0.2, 0.25) is 0 Å². The van der Waals surface area contributed by atoms with Gasteiger partial charge < -0.3 is 17.8 Å². The maximum Gasteiger partial charge on any atom is 0.492 e. The van der Waals surface area contributed by atoms with E-state index in [4.69, 9.17) is 0 Å². The van der Waals surface area contributed by atoms with Crippen molar-refractivity contribution in [2.45, 2.75) is 19.8 Å². The lowest BCUT2D eigenvalue weighted by Gasteiger charge is -2.23. The monoisotopic (exact) mass is 168 g/mol. The van der Waals surface area contributed by atoms with E-state index in [0.717, 1.165) is 12.8 Å². The van der Waals surface area contributed by atoms with Crippen LogP contribution < -0.4 is 0 Å². The highest BCUT2D eigenvalue weighted by molar-refractivity contribution is 6.58. The lowest BCUT2D eigenvalue weighted by molar-refractivity contribution is 0.323. The smallest absolute Gasteiger partial charge is 0.448 e. The van der Waals surface area contributed by atoms with E-state index in [1.54, 1.807) is 0 Å². The second-order valence-corrected chi connectivity index (χ2v) is 2.83. The van der Waals surface area contributed by atoms with E-state index >= 15 is 0 Å². The molecule has 0 aromatic carbocycles. The predicted octanol–water partition coefficient (Wildman–Crippen LogP) is 2.10. The molecule has 0 bridgehead atoms. The van der Waals surface area contributed by atoms with Crippen LogP contribution in [-0.4, -0.2) is 31.9 Å². The molecule has 68 valence electrons. The minimum absolute atomic E-state index is 0.539. The lowest BCUT2D eigenvalue weighted by atomic mass is 9.91. The molecular weight excluding hydrogens is 154 g/mol. The largest absolute Gasteiger partial charge is 0.492 e. The van der Waals surface area contributed by atoms with E-state index in [0.29, 0.717) is 6.54 Å². The summed E-state index contributed by atoms with van der Waals surface area (Å²) >= 11 is 0. The van der Waals surface area contributed by atoms with Crippen molar-refractivity contribution in [2.75, 3.05) is 20.0 Å². The van der Waals surface area contributed by atoms with E-state index in [9.17, 15) is 12.9 Å². The Kier molecular flexibility index (Phi) is 4.57. The topological polar surface area (TPSA) is 3.24 Å². The summed E-state index contributed by atoms with van der Waals surface area (Å²) in [6.07, 6.45) is 1.04. The minimum Gasteiger partial charge on any atom is -0.448 e. The zero-order valence-corrected chi connectivity index (χ0v) is 6.99.